The predicted octanol–water partition coefficient (Wildman–Crippen LogP) is 2.88. The van der Waals surface area contributed by atoms with E-state index in [1.807, 2.05) is 13.8 Å². The van der Waals surface area contributed by atoms with Crippen LogP contribution in [0.25, 0.3) is 0 Å². The Morgan fingerprint density at radius 1 is 1.32 bits per heavy atom. The summed E-state index contributed by atoms with van der Waals surface area (Å²) in [7, 11) is 0. The lowest BCUT2D eigenvalue weighted by Crippen LogP contribution is -2.49. The van der Waals surface area contributed by atoms with Gasteiger partial charge in [-0.2, -0.15) is 0 Å². The monoisotopic (exact) mass is 463 g/mol. The van der Waals surface area contributed by atoms with Crippen molar-refractivity contribution in [2.24, 2.45) is 4.99 Å². The molecule has 0 unspecified atom stereocenters. The Morgan fingerprint density at radius 2 is 2.00 bits per heavy atom. The fourth-order valence-corrected chi connectivity index (χ4v) is 3.21. The van der Waals surface area contributed by atoms with Crippen molar-refractivity contribution in [2.45, 2.75) is 66.0 Å². The second-order valence-corrected chi connectivity index (χ2v) is 6.86. The van der Waals surface area contributed by atoms with E-state index in [0.29, 0.717) is 12.1 Å². The minimum atomic E-state index is 0. The molecule has 25 heavy (non-hydrogen) atoms. The van der Waals surface area contributed by atoms with Crippen LogP contribution >= 0.6 is 24.0 Å². The van der Waals surface area contributed by atoms with Crippen molar-refractivity contribution < 1.29 is 4.52 Å². The molecule has 0 aliphatic carbocycles. The summed E-state index contributed by atoms with van der Waals surface area (Å²) in [6, 6.07) is 1.15. The van der Waals surface area contributed by atoms with Gasteiger partial charge >= 0.3 is 0 Å². The summed E-state index contributed by atoms with van der Waals surface area (Å²) in [4.78, 5) is 7.27. The summed E-state index contributed by atoms with van der Waals surface area (Å²) in [6.07, 6.45) is 3.21. The minimum absolute atomic E-state index is 0. The van der Waals surface area contributed by atoms with Crippen LogP contribution in [0.3, 0.4) is 0 Å². The third-order valence-corrected chi connectivity index (χ3v) is 4.76. The highest BCUT2D eigenvalue weighted by Crippen LogP contribution is 2.14. The first-order valence-corrected chi connectivity index (χ1v) is 9.21. The fraction of sp³-hybridized carbons (Fsp3) is 0.778. The number of guanidine groups is 1. The van der Waals surface area contributed by atoms with Crippen molar-refractivity contribution in [2.75, 3.05) is 26.2 Å². The molecule has 0 aromatic carbocycles. The van der Waals surface area contributed by atoms with Gasteiger partial charge in [-0.25, -0.2) is 0 Å². The number of rotatable bonds is 6. The molecule has 2 rings (SSSR count). The molecule has 2 heterocycles. The van der Waals surface area contributed by atoms with E-state index in [1.54, 1.807) is 0 Å². The van der Waals surface area contributed by atoms with Crippen LogP contribution < -0.4 is 10.6 Å². The maximum atomic E-state index is 5.22. The van der Waals surface area contributed by atoms with Gasteiger partial charge in [-0.3, -0.25) is 4.99 Å². The number of likely N-dealkylation sites (tertiary alicyclic amines) is 1. The van der Waals surface area contributed by atoms with Crippen molar-refractivity contribution in [1.29, 1.82) is 0 Å². The SMILES string of the molecule is CCNC(=NCCc1c(C)noc1C)NC1CCN(C(C)C)CC1.I. The van der Waals surface area contributed by atoms with Crippen LogP contribution in [0.15, 0.2) is 9.52 Å². The number of hydrogen-bond acceptors (Lipinski definition) is 4. The summed E-state index contributed by atoms with van der Waals surface area (Å²) in [5, 5.41) is 11.0. The van der Waals surface area contributed by atoms with E-state index in [4.69, 9.17) is 9.52 Å². The molecule has 0 saturated carbocycles. The molecule has 7 heteroatoms. The number of nitrogens with one attached hydrogen (secondary N) is 2. The zero-order valence-corrected chi connectivity index (χ0v) is 18.6. The van der Waals surface area contributed by atoms with Crippen molar-refractivity contribution in [3.63, 3.8) is 0 Å². The van der Waals surface area contributed by atoms with Gasteiger partial charge in [0.2, 0.25) is 0 Å². The molecular formula is C18H34IN5O. The van der Waals surface area contributed by atoms with Gasteiger partial charge in [0.1, 0.15) is 5.76 Å². The van der Waals surface area contributed by atoms with Crippen molar-refractivity contribution >= 4 is 29.9 Å². The molecule has 1 fully saturated rings. The largest absolute Gasteiger partial charge is 0.361 e. The van der Waals surface area contributed by atoms with Gasteiger partial charge in [0.05, 0.1) is 5.69 Å². The Balaban J connectivity index is 0.00000312. The summed E-state index contributed by atoms with van der Waals surface area (Å²) in [5.74, 6) is 1.83. The Kier molecular flexibility index (Phi) is 9.78. The highest BCUT2D eigenvalue weighted by atomic mass is 127. The maximum Gasteiger partial charge on any atom is 0.191 e. The number of nitrogens with zero attached hydrogens (tertiary/aromatic N) is 3. The zero-order valence-electron chi connectivity index (χ0n) is 16.3. The van der Waals surface area contributed by atoms with Gasteiger partial charge in [0, 0.05) is 43.8 Å². The van der Waals surface area contributed by atoms with Gasteiger partial charge in [-0.05, 0) is 53.9 Å². The first kappa shape index (κ1) is 22.2. The maximum absolute atomic E-state index is 5.22. The number of aromatic nitrogens is 1. The number of halogens is 1. The Bertz CT molecular complexity index is 516. The van der Waals surface area contributed by atoms with Gasteiger partial charge in [0.25, 0.3) is 0 Å². The van der Waals surface area contributed by atoms with E-state index in [-0.39, 0.29) is 24.0 Å². The van der Waals surface area contributed by atoms with Crippen LogP contribution in [0.5, 0.6) is 0 Å². The van der Waals surface area contributed by atoms with E-state index < -0.39 is 0 Å². The molecule has 0 spiro atoms. The lowest BCUT2D eigenvalue weighted by molar-refractivity contribution is 0.167. The molecule has 1 aliphatic heterocycles. The third kappa shape index (κ3) is 6.77. The quantitative estimate of drug-likeness (QED) is 0.386. The summed E-state index contributed by atoms with van der Waals surface area (Å²) >= 11 is 0. The zero-order chi connectivity index (χ0) is 17.5. The first-order chi connectivity index (χ1) is 11.5. The number of piperidine rings is 1. The van der Waals surface area contributed by atoms with Crippen LogP contribution in [-0.4, -0.2) is 54.3 Å². The molecule has 1 aliphatic rings. The Labute approximate surface area is 169 Å². The topological polar surface area (TPSA) is 65.7 Å². The lowest BCUT2D eigenvalue weighted by atomic mass is 10.0. The summed E-state index contributed by atoms with van der Waals surface area (Å²) in [5.41, 5.74) is 2.15. The molecule has 0 atom stereocenters. The summed E-state index contributed by atoms with van der Waals surface area (Å²) in [6.45, 7) is 14.5. The van der Waals surface area contributed by atoms with E-state index >= 15 is 0 Å². The lowest BCUT2D eigenvalue weighted by Gasteiger charge is -2.35. The number of aryl methyl sites for hydroxylation is 2. The second kappa shape index (κ2) is 11.0. The van der Waals surface area contributed by atoms with E-state index in [2.05, 4.69) is 41.5 Å². The van der Waals surface area contributed by atoms with Gasteiger partial charge in [0.15, 0.2) is 5.96 Å². The molecule has 2 N–H and O–H groups in total. The Hall–Kier alpha value is -0.830. The van der Waals surface area contributed by atoms with Crippen molar-refractivity contribution in [3.05, 3.63) is 17.0 Å². The van der Waals surface area contributed by atoms with Gasteiger partial charge < -0.3 is 20.1 Å². The smallest absolute Gasteiger partial charge is 0.191 e. The van der Waals surface area contributed by atoms with Crippen LogP contribution in [-0.2, 0) is 6.42 Å². The molecule has 144 valence electrons. The van der Waals surface area contributed by atoms with E-state index in [0.717, 1.165) is 50.0 Å². The number of hydrogen-bond donors (Lipinski definition) is 2. The molecule has 6 nitrogen and oxygen atoms in total. The molecule has 1 aromatic heterocycles. The molecule has 0 amide bonds. The molecular weight excluding hydrogens is 429 g/mol. The molecule has 0 radical (unpaired) electrons. The van der Waals surface area contributed by atoms with Gasteiger partial charge in [-0.15, -0.1) is 24.0 Å². The minimum Gasteiger partial charge on any atom is -0.361 e. The van der Waals surface area contributed by atoms with Crippen LogP contribution in [0.1, 0.15) is 50.6 Å². The Morgan fingerprint density at radius 3 is 2.52 bits per heavy atom. The van der Waals surface area contributed by atoms with Crippen LogP contribution in [0.4, 0.5) is 0 Å². The summed E-state index contributed by atoms with van der Waals surface area (Å²) < 4.78 is 5.22. The molecule has 1 aromatic rings. The first-order valence-electron chi connectivity index (χ1n) is 9.21. The van der Waals surface area contributed by atoms with Crippen molar-refractivity contribution in [1.82, 2.24) is 20.7 Å². The fourth-order valence-electron chi connectivity index (χ4n) is 3.21. The van der Waals surface area contributed by atoms with Crippen LogP contribution in [0, 0.1) is 13.8 Å². The molecule has 0 bridgehead atoms. The highest BCUT2D eigenvalue weighted by Gasteiger charge is 2.21. The second-order valence-electron chi connectivity index (χ2n) is 6.86. The van der Waals surface area contributed by atoms with Gasteiger partial charge in [-0.1, -0.05) is 5.16 Å². The average molecular weight is 463 g/mol. The van der Waals surface area contributed by atoms with E-state index in [1.165, 1.54) is 18.4 Å². The highest BCUT2D eigenvalue weighted by molar-refractivity contribution is 14.0. The predicted molar refractivity (Wildman–Crippen MR) is 114 cm³/mol. The third-order valence-electron chi connectivity index (χ3n) is 4.76. The van der Waals surface area contributed by atoms with Crippen molar-refractivity contribution in [3.8, 4) is 0 Å². The van der Waals surface area contributed by atoms with Crippen LogP contribution in [0.2, 0.25) is 0 Å². The molecule has 1 saturated heterocycles. The number of aliphatic imine (C=N–C) groups is 1. The standard InChI is InChI=1S/C18H33N5O.HI/c1-6-19-18(20-10-7-17-14(4)22-24-15(17)5)21-16-8-11-23(12-9-16)13(2)3;/h13,16H,6-12H2,1-5H3,(H2,19,20,21);1H. The van der Waals surface area contributed by atoms with E-state index in [9.17, 15) is 0 Å². The average Bonchev–Trinajstić information content (AvgIpc) is 2.87. The normalized spacial score (nSPS) is 16.8.